The number of likely N-dealkylation sites (N-methyl/N-ethyl adjacent to an activating group) is 2. The zero-order valence-corrected chi connectivity index (χ0v) is 11.5. The summed E-state index contributed by atoms with van der Waals surface area (Å²) in [5.74, 6) is 0. The van der Waals surface area contributed by atoms with E-state index in [4.69, 9.17) is 0 Å². The van der Waals surface area contributed by atoms with Gasteiger partial charge in [0, 0.05) is 18.6 Å². The first-order valence-corrected chi connectivity index (χ1v) is 6.70. The molecule has 1 saturated heterocycles. The maximum Gasteiger partial charge on any atom is 0.0220 e. The molecule has 1 fully saturated rings. The Hall–Kier alpha value is -0.120. The van der Waals surface area contributed by atoms with E-state index in [1.165, 1.54) is 38.8 Å². The number of nitrogens with zero attached hydrogens (tertiary/aromatic N) is 2. The summed E-state index contributed by atoms with van der Waals surface area (Å²) in [5, 5.41) is 3.22. The summed E-state index contributed by atoms with van der Waals surface area (Å²) < 4.78 is 0. The maximum atomic E-state index is 3.22. The average Bonchev–Trinajstić information content (AvgIpc) is 2.64. The second-order valence-electron chi connectivity index (χ2n) is 5.31. The van der Waals surface area contributed by atoms with E-state index in [9.17, 15) is 0 Å². The van der Waals surface area contributed by atoms with Crippen molar-refractivity contribution in [3.05, 3.63) is 0 Å². The molecule has 96 valence electrons. The van der Waals surface area contributed by atoms with Gasteiger partial charge in [-0.15, -0.1) is 0 Å². The Labute approximate surface area is 101 Å². The van der Waals surface area contributed by atoms with Gasteiger partial charge in [0.1, 0.15) is 0 Å². The van der Waals surface area contributed by atoms with E-state index in [-0.39, 0.29) is 0 Å². The molecule has 2 unspecified atom stereocenters. The second-order valence-corrected chi connectivity index (χ2v) is 5.31. The zero-order chi connectivity index (χ0) is 12.0. The van der Waals surface area contributed by atoms with Crippen molar-refractivity contribution in [1.82, 2.24) is 15.1 Å². The molecule has 3 heteroatoms. The van der Waals surface area contributed by atoms with Gasteiger partial charge in [-0.05, 0) is 66.8 Å². The smallest absolute Gasteiger partial charge is 0.0220 e. The average molecular weight is 227 g/mol. The van der Waals surface area contributed by atoms with Crippen LogP contribution in [-0.2, 0) is 0 Å². The molecule has 2 atom stereocenters. The maximum absolute atomic E-state index is 3.22. The number of hydrogen-bond acceptors (Lipinski definition) is 3. The van der Waals surface area contributed by atoms with Gasteiger partial charge in [-0.25, -0.2) is 0 Å². The highest BCUT2D eigenvalue weighted by Gasteiger charge is 2.23. The highest BCUT2D eigenvalue weighted by atomic mass is 15.2. The lowest BCUT2D eigenvalue weighted by molar-refractivity contribution is 0.177. The van der Waals surface area contributed by atoms with E-state index in [0.717, 1.165) is 12.6 Å². The van der Waals surface area contributed by atoms with Crippen LogP contribution < -0.4 is 5.32 Å². The van der Waals surface area contributed by atoms with Crippen molar-refractivity contribution in [2.24, 2.45) is 0 Å². The molecule has 0 aliphatic carbocycles. The van der Waals surface area contributed by atoms with Gasteiger partial charge in [-0.3, -0.25) is 0 Å². The molecule has 0 amide bonds. The fourth-order valence-electron chi connectivity index (χ4n) is 2.52. The summed E-state index contributed by atoms with van der Waals surface area (Å²) in [6.07, 6.45) is 5.34. The summed E-state index contributed by atoms with van der Waals surface area (Å²) in [4.78, 5) is 5.04. The Morgan fingerprint density at radius 1 is 1.50 bits per heavy atom. The lowest BCUT2D eigenvalue weighted by atomic mass is 10.1. The molecule has 0 bridgehead atoms. The van der Waals surface area contributed by atoms with Crippen molar-refractivity contribution in [2.75, 3.05) is 40.8 Å². The Morgan fingerprint density at radius 3 is 2.81 bits per heavy atom. The highest BCUT2D eigenvalue weighted by Crippen LogP contribution is 2.17. The Balaban J connectivity index is 2.19. The first-order valence-electron chi connectivity index (χ1n) is 6.70. The molecule has 1 rings (SSSR count). The van der Waals surface area contributed by atoms with Crippen LogP contribution in [0.25, 0.3) is 0 Å². The van der Waals surface area contributed by atoms with Crippen LogP contribution in [-0.4, -0.2) is 62.7 Å². The van der Waals surface area contributed by atoms with E-state index in [2.05, 4.69) is 36.1 Å². The third kappa shape index (κ3) is 4.40. The topological polar surface area (TPSA) is 18.5 Å². The molecule has 1 aliphatic rings. The first kappa shape index (κ1) is 13.9. The molecule has 16 heavy (non-hydrogen) atoms. The minimum absolute atomic E-state index is 0.711. The minimum Gasteiger partial charge on any atom is -0.320 e. The third-order valence-corrected chi connectivity index (χ3v) is 3.97. The van der Waals surface area contributed by atoms with E-state index in [0.29, 0.717) is 6.04 Å². The molecular weight excluding hydrogens is 198 g/mol. The van der Waals surface area contributed by atoms with Crippen molar-refractivity contribution < 1.29 is 0 Å². The number of hydrogen-bond donors (Lipinski definition) is 1. The lowest BCUT2D eigenvalue weighted by Crippen LogP contribution is -2.40. The third-order valence-electron chi connectivity index (χ3n) is 3.97. The first-order chi connectivity index (χ1) is 7.65. The second kappa shape index (κ2) is 7.25. The van der Waals surface area contributed by atoms with Crippen LogP contribution >= 0.6 is 0 Å². The van der Waals surface area contributed by atoms with Crippen LogP contribution in [0.5, 0.6) is 0 Å². The summed E-state index contributed by atoms with van der Waals surface area (Å²) in [6, 6.07) is 1.50. The summed E-state index contributed by atoms with van der Waals surface area (Å²) in [5.41, 5.74) is 0. The summed E-state index contributed by atoms with van der Waals surface area (Å²) >= 11 is 0. The summed E-state index contributed by atoms with van der Waals surface area (Å²) in [6.45, 7) is 6.01. The molecule has 1 aliphatic heterocycles. The fourth-order valence-corrected chi connectivity index (χ4v) is 2.52. The molecule has 0 aromatic carbocycles. The van der Waals surface area contributed by atoms with Gasteiger partial charge >= 0.3 is 0 Å². The summed E-state index contributed by atoms with van der Waals surface area (Å²) in [7, 11) is 6.56. The lowest BCUT2D eigenvalue weighted by Gasteiger charge is -2.30. The number of nitrogens with one attached hydrogen (secondary N) is 1. The van der Waals surface area contributed by atoms with Crippen LogP contribution in [0.4, 0.5) is 0 Å². The predicted molar refractivity (Wildman–Crippen MR) is 70.9 cm³/mol. The quantitative estimate of drug-likeness (QED) is 0.663. The van der Waals surface area contributed by atoms with Gasteiger partial charge in [0.15, 0.2) is 0 Å². The van der Waals surface area contributed by atoms with Gasteiger partial charge in [0.2, 0.25) is 0 Å². The highest BCUT2D eigenvalue weighted by molar-refractivity contribution is 4.80. The standard InChI is InChI=1S/C13H29N3/c1-12(7-5-9-14-2)16(4)11-13-8-6-10-15(13)3/h12-14H,5-11H2,1-4H3. The van der Waals surface area contributed by atoms with Gasteiger partial charge in [-0.1, -0.05) is 0 Å². The van der Waals surface area contributed by atoms with E-state index in [1.807, 2.05) is 7.05 Å². The fraction of sp³-hybridized carbons (Fsp3) is 1.00. The van der Waals surface area contributed by atoms with Gasteiger partial charge in [0.25, 0.3) is 0 Å². The van der Waals surface area contributed by atoms with Crippen molar-refractivity contribution in [1.29, 1.82) is 0 Å². The van der Waals surface area contributed by atoms with Crippen LogP contribution in [0.2, 0.25) is 0 Å². The molecule has 1 N–H and O–H groups in total. The molecule has 0 aromatic rings. The molecule has 0 spiro atoms. The Morgan fingerprint density at radius 2 is 2.25 bits per heavy atom. The van der Waals surface area contributed by atoms with Crippen molar-refractivity contribution in [3.63, 3.8) is 0 Å². The van der Waals surface area contributed by atoms with Crippen LogP contribution in [0.1, 0.15) is 32.6 Å². The van der Waals surface area contributed by atoms with Gasteiger partial charge in [0.05, 0.1) is 0 Å². The van der Waals surface area contributed by atoms with Crippen molar-refractivity contribution in [2.45, 2.75) is 44.7 Å². The van der Waals surface area contributed by atoms with E-state index < -0.39 is 0 Å². The van der Waals surface area contributed by atoms with Gasteiger partial charge < -0.3 is 15.1 Å². The molecule has 1 heterocycles. The molecular formula is C13H29N3. The zero-order valence-electron chi connectivity index (χ0n) is 11.5. The van der Waals surface area contributed by atoms with Crippen molar-refractivity contribution in [3.8, 4) is 0 Å². The molecule has 0 radical (unpaired) electrons. The van der Waals surface area contributed by atoms with Crippen LogP contribution in [0, 0.1) is 0 Å². The predicted octanol–water partition coefficient (Wildman–Crippen LogP) is 1.40. The SMILES string of the molecule is CNCCCC(C)N(C)CC1CCCN1C. The monoisotopic (exact) mass is 227 g/mol. The number of rotatable bonds is 7. The normalized spacial score (nSPS) is 24.2. The van der Waals surface area contributed by atoms with Crippen LogP contribution in [0.15, 0.2) is 0 Å². The Kier molecular flexibility index (Phi) is 6.32. The van der Waals surface area contributed by atoms with Gasteiger partial charge in [-0.2, -0.15) is 0 Å². The molecule has 0 saturated carbocycles. The molecule has 3 nitrogen and oxygen atoms in total. The Bertz CT molecular complexity index is 184. The van der Waals surface area contributed by atoms with E-state index >= 15 is 0 Å². The van der Waals surface area contributed by atoms with E-state index in [1.54, 1.807) is 0 Å². The minimum atomic E-state index is 0.711. The molecule has 0 aromatic heterocycles. The number of likely N-dealkylation sites (tertiary alicyclic amines) is 1. The van der Waals surface area contributed by atoms with Crippen molar-refractivity contribution >= 4 is 0 Å². The van der Waals surface area contributed by atoms with Crippen LogP contribution in [0.3, 0.4) is 0 Å². The largest absolute Gasteiger partial charge is 0.320 e.